The molecule has 31 heavy (non-hydrogen) atoms. The van der Waals surface area contributed by atoms with Gasteiger partial charge in [-0.15, -0.1) is 0 Å². The lowest BCUT2D eigenvalue weighted by Gasteiger charge is -2.40. The third-order valence-corrected chi connectivity index (χ3v) is 6.32. The van der Waals surface area contributed by atoms with Gasteiger partial charge in [0, 0.05) is 32.2 Å². The molecule has 1 aliphatic heterocycles. The molecule has 4 nitrogen and oxygen atoms in total. The second-order valence-corrected chi connectivity index (χ2v) is 8.52. The van der Waals surface area contributed by atoms with Gasteiger partial charge in [0.25, 0.3) is 0 Å². The average Bonchev–Trinajstić information content (AvgIpc) is 2.79. The lowest BCUT2D eigenvalue weighted by molar-refractivity contribution is -0.0495. The minimum atomic E-state index is -0.928. The number of halogens is 2. The van der Waals surface area contributed by atoms with Crippen molar-refractivity contribution in [3.8, 4) is 5.75 Å². The van der Waals surface area contributed by atoms with E-state index in [9.17, 15) is 5.11 Å². The van der Waals surface area contributed by atoms with Gasteiger partial charge in [0.05, 0.1) is 22.6 Å². The van der Waals surface area contributed by atoms with Crippen LogP contribution in [-0.4, -0.2) is 53.9 Å². The summed E-state index contributed by atoms with van der Waals surface area (Å²) >= 11 is 12.0. The fourth-order valence-electron chi connectivity index (χ4n) is 4.05. The minimum Gasteiger partial charge on any atom is -0.464 e. The topological polar surface area (TPSA) is 35.9 Å². The van der Waals surface area contributed by atoms with E-state index in [1.807, 2.05) is 0 Å². The number of hydrogen-bond donors (Lipinski definition) is 1. The highest BCUT2D eigenvalue weighted by Gasteiger charge is 2.27. The van der Waals surface area contributed by atoms with Crippen LogP contribution < -0.4 is 4.74 Å². The summed E-state index contributed by atoms with van der Waals surface area (Å²) in [6.07, 6.45) is -0.928. The zero-order chi connectivity index (χ0) is 21.6. The van der Waals surface area contributed by atoms with Crippen LogP contribution in [0.2, 0.25) is 10.0 Å². The summed E-state index contributed by atoms with van der Waals surface area (Å²) in [4.78, 5) is 4.74. The van der Waals surface area contributed by atoms with Gasteiger partial charge in [-0.25, -0.2) is 0 Å². The summed E-state index contributed by atoms with van der Waals surface area (Å²) in [6, 6.07) is 26.5. The van der Waals surface area contributed by atoms with E-state index in [0.29, 0.717) is 22.3 Å². The molecule has 0 aliphatic carbocycles. The first-order valence-electron chi connectivity index (χ1n) is 10.5. The fourth-order valence-corrected chi connectivity index (χ4v) is 4.34. The highest BCUT2D eigenvalue weighted by atomic mass is 35.5. The summed E-state index contributed by atoms with van der Waals surface area (Å²) in [5.74, 6) is 0.508. The van der Waals surface area contributed by atoms with Crippen LogP contribution >= 0.6 is 23.2 Å². The number of piperazine rings is 1. The van der Waals surface area contributed by atoms with Crippen LogP contribution in [-0.2, 0) is 0 Å². The first kappa shape index (κ1) is 22.1. The van der Waals surface area contributed by atoms with Crippen molar-refractivity contribution in [2.45, 2.75) is 12.3 Å². The Balaban J connectivity index is 1.37. The Morgan fingerprint density at radius 2 is 1.35 bits per heavy atom. The van der Waals surface area contributed by atoms with Gasteiger partial charge in [-0.1, -0.05) is 83.9 Å². The van der Waals surface area contributed by atoms with Crippen molar-refractivity contribution in [3.63, 3.8) is 0 Å². The number of β-amino-alcohol motifs (C(OH)–C–C–N with tert-alkyl or cyclic N) is 1. The van der Waals surface area contributed by atoms with Gasteiger partial charge in [-0.2, -0.15) is 0 Å². The molecule has 3 aromatic carbocycles. The van der Waals surface area contributed by atoms with Crippen molar-refractivity contribution in [2.24, 2.45) is 0 Å². The smallest absolute Gasteiger partial charge is 0.210 e. The average molecular weight is 457 g/mol. The van der Waals surface area contributed by atoms with Crippen LogP contribution in [0, 0.1) is 0 Å². The molecular formula is C25H26Cl2N2O2. The van der Waals surface area contributed by atoms with Gasteiger partial charge < -0.3 is 9.84 Å². The predicted octanol–water partition coefficient (Wildman–Crippen LogP) is 5.10. The largest absolute Gasteiger partial charge is 0.464 e. The van der Waals surface area contributed by atoms with E-state index in [2.05, 4.69) is 70.5 Å². The van der Waals surface area contributed by atoms with Crippen LogP contribution in [0.1, 0.15) is 17.2 Å². The Labute approximate surface area is 193 Å². The van der Waals surface area contributed by atoms with Gasteiger partial charge in [-0.05, 0) is 23.3 Å². The molecule has 0 aromatic heterocycles. The summed E-state index contributed by atoms with van der Waals surface area (Å²) in [5.41, 5.74) is 2.59. The molecule has 1 heterocycles. The van der Waals surface area contributed by atoms with E-state index >= 15 is 0 Å². The molecule has 1 atom stereocenters. The third kappa shape index (κ3) is 5.79. The van der Waals surface area contributed by atoms with E-state index in [1.165, 1.54) is 11.1 Å². The maximum Gasteiger partial charge on any atom is 0.210 e. The highest BCUT2D eigenvalue weighted by molar-refractivity contribution is 6.42. The van der Waals surface area contributed by atoms with Crippen molar-refractivity contribution in [2.75, 3.05) is 32.7 Å². The van der Waals surface area contributed by atoms with Gasteiger partial charge in [0.1, 0.15) is 5.75 Å². The Morgan fingerprint density at radius 3 is 1.90 bits per heavy atom. The Hall–Kier alpha value is -2.08. The van der Waals surface area contributed by atoms with Crippen LogP contribution in [0.3, 0.4) is 0 Å². The molecule has 1 fully saturated rings. The monoisotopic (exact) mass is 456 g/mol. The van der Waals surface area contributed by atoms with Gasteiger partial charge in [0.2, 0.25) is 6.29 Å². The molecule has 6 heteroatoms. The molecule has 0 spiro atoms. The molecule has 1 N–H and O–H groups in total. The minimum absolute atomic E-state index is 0.224. The van der Waals surface area contributed by atoms with E-state index in [-0.39, 0.29) is 6.04 Å². The molecule has 0 unspecified atom stereocenters. The highest BCUT2D eigenvalue weighted by Crippen LogP contribution is 2.30. The maximum absolute atomic E-state index is 10.4. The molecule has 0 radical (unpaired) electrons. The first-order chi connectivity index (χ1) is 15.1. The van der Waals surface area contributed by atoms with Crippen LogP contribution in [0.25, 0.3) is 0 Å². The summed E-state index contributed by atoms with van der Waals surface area (Å²) in [6.45, 7) is 3.98. The summed E-state index contributed by atoms with van der Waals surface area (Å²) in [5, 5.41) is 11.3. The molecule has 1 saturated heterocycles. The molecular weight excluding hydrogens is 431 g/mol. The Kier molecular flexibility index (Phi) is 7.49. The summed E-state index contributed by atoms with van der Waals surface area (Å²) < 4.78 is 5.62. The SMILES string of the molecule is O[C@@H](CN1CCN(C(c2ccccc2)c2ccccc2)CC1)Oc1ccc(Cl)c(Cl)c1. The van der Waals surface area contributed by atoms with Crippen molar-refractivity contribution >= 4 is 23.2 Å². The number of ether oxygens (including phenoxy) is 1. The second kappa shape index (κ2) is 10.5. The third-order valence-electron chi connectivity index (χ3n) is 5.58. The fraction of sp³-hybridized carbons (Fsp3) is 0.280. The van der Waals surface area contributed by atoms with Crippen molar-refractivity contribution in [1.29, 1.82) is 0 Å². The first-order valence-corrected chi connectivity index (χ1v) is 11.2. The van der Waals surface area contributed by atoms with Crippen molar-refractivity contribution < 1.29 is 9.84 Å². The number of rotatable bonds is 7. The second-order valence-electron chi connectivity index (χ2n) is 7.71. The molecule has 162 valence electrons. The zero-order valence-electron chi connectivity index (χ0n) is 17.2. The number of hydrogen-bond acceptors (Lipinski definition) is 4. The van der Waals surface area contributed by atoms with Crippen LogP contribution in [0.4, 0.5) is 0 Å². The van der Waals surface area contributed by atoms with E-state index in [4.69, 9.17) is 27.9 Å². The quantitative estimate of drug-likeness (QED) is 0.501. The molecule has 4 rings (SSSR count). The van der Waals surface area contributed by atoms with Crippen LogP contribution in [0.15, 0.2) is 78.9 Å². The van der Waals surface area contributed by atoms with E-state index in [1.54, 1.807) is 18.2 Å². The van der Waals surface area contributed by atoms with Crippen molar-refractivity contribution in [3.05, 3.63) is 100 Å². The normalized spacial score (nSPS) is 16.4. The van der Waals surface area contributed by atoms with Gasteiger partial charge in [-0.3, -0.25) is 9.80 Å². The molecule has 0 saturated carbocycles. The Morgan fingerprint density at radius 1 is 0.774 bits per heavy atom. The number of aliphatic hydroxyl groups is 1. The van der Waals surface area contributed by atoms with E-state index in [0.717, 1.165) is 26.2 Å². The summed E-state index contributed by atoms with van der Waals surface area (Å²) in [7, 11) is 0. The molecule has 0 bridgehead atoms. The zero-order valence-corrected chi connectivity index (χ0v) is 18.7. The van der Waals surface area contributed by atoms with Crippen molar-refractivity contribution in [1.82, 2.24) is 9.80 Å². The van der Waals surface area contributed by atoms with E-state index < -0.39 is 6.29 Å². The number of aliphatic hydroxyl groups excluding tert-OH is 1. The number of nitrogens with zero attached hydrogens (tertiary/aromatic N) is 2. The molecule has 1 aliphatic rings. The maximum atomic E-state index is 10.4. The standard InChI is InChI=1S/C25H26Cl2N2O2/c26-22-12-11-21(17-23(22)27)31-24(30)18-28-13-15-29(16-14-28)25(19-7-3-1-4-8-19)20-9-5-2-6-10-20/h1-12,17,24-25,30H,13-16,18H2/t24-/m1/s1. The van der Waals surface area contributed by atoms with Crippen LogP contribution in [0.5, 0.6) is 5.75 Å². The van der Waals surface area contributed by atoms with Gasteiger partial charge in [0.15, 0.2) is 0 Å². The lowest BCUT2D eigenvalue weighted by atomic mass is 9.96. The lowest BCUT2D eigenvalue weighted by Crippen LogP contribution is -2.50. The Bertz CT molecular complexity index is 924. The molecule has 0 amide bonds. The predicted molar refractivity (Wildman–Crippen MR) is 126 cm³/mol. The van der Waals surface area contributed by atoms with Gasteiger partial charge >= 0.3 is 0 Å². The molecule has 3 aromatic rings. The number of benzene rings is 3.